The van der Waals surface area contributed by atoms with Gasteiger partial charge in [0.15, 0.2) is 0 Å². The number of rotatable bonds is 3. The Bertz CT molecular complexity index is 405. The summed E-state index contributed by atoms with van der Waals surface area (Å²) in [4.78, 5) is 23.3. The van der Waals surface area contributed by atoms with Crippen LogP contribution in [0.15, 0.2) is 24.3 Å². The summed E-state index contributed by atoms with van der Waals surface area (Å²) in [6.45, 7) is 1.31. The molecule has 2 rings (SSSR count). The van der Waals surface area contributed by atoms with Gasteiger partial charge < -0.3 is 10.0 Å². The van der Waals surface area contributed by atoms with Crippen LogP contribution in [0.25, 0.3) is 0 Å². The van der Waals surface area contributed by atoms with Crippen LogP contribution in [0.1, 0.15) is 16.8 Å². The average molecular weight is 256 g/mol. The Morgan fingerprint density at radius 1 is 1.35 bits per heavy atom. The Kier molecular flexibility index (Phi) is 4.52. The monoisotopic (exact) mass is 255 g/mol. The van der Waals surface area contributed by atoms with Crippen molar-refractivity contribution in [3.63, 3.8) is 0 Å². The van der Waals surface area contributed by atoms with E-state index in [1.54, 1.807) is 12.1 Å². The van der Waals surface area contributed by atoms with E-state index in [1.165, 1.54) is 0 Å². The number of carbonyl (C=O) groups excluding carboxylic acids is 1. The number of aldehydes is 1. The van der Waals surface area contributed by atoms with Gasteiger partial charge in [-0.2, -0.15) is 0 Å². The summed E-state index contributed by atoms with van der Waals surface area (Å²) in [6, 6.07) is 7.20. The molecule has 17 heavy (non-hydrogen) atoms. The molecule has 1 atom stereocenters. The van der Waals surface area contributed by atoms with Crippen molar-refractivity contribution in [2.45, 2.75) is 6.42 Å². The largest absolute Gasteiger partial charge is 0.481 e. The van der Waals surface area contributed by atoms with Crippen LogP contribution in [0.3, 0.4) is 0 Å². The molecule has 0 aliphatic carbocycles. The minimum absolute atomic E-state index is 0. The number of hydrogen-bond donors (Lipinski definition) is 1. The number of hydrogen-bond acceptors (Lipinski definition) is 3. The molecule has 0 saturated carbocycles. The van der Waals surface area contributed by atoms with Gasteiger partial charge >= 0.3 is 5.97 Å². The second kappa shape index (κ2) is 5.68. The lowest BCUT2D eigenvalue weighted by Gasteiger charge is -2.17. The van der Waals surface area contributed by atoms with E-state index in [9.17, 15) is 9.59 Å². The zero-order valence-electron chi connectivity index (χ0n) is 9.20. The molecule has 1 aliphatic heterocycles. The van der Waals surface area contributed by atoms with Gasteiger partial charge in [0.2, 0.25) is 0 Å². The quantitative estimate of drug-likeness (QED) is 0.838. The molecule has 0 radical (unpaired) electrons. The van der Waals surface area contributed by atoms with Gasteiger partial charge in [-0.1, -0.05) is 0 Å². The Hall–Kier alpha value is -1.55. The molecule has 92 valence electrons. The summed E-state index contributed by atoms with van der Waals surface area (Å²) in [6.07, 6.45) is 1.48. The fourth-order valence-corrected chi connectivity index (χ4v) is 1.96. The highest BCUT2D eigenvalue weighted by molar-refractivity contribution is 5.85. The van der Waals surface area contributed by atoms with Crippen molar-refractivity contribution < 1.29 is 14.7 Å². The molecule has 4 nitrogen and oxygen atoms in total. The number of anilines is 1. The maximum Gasteiger partial charge on any atom is 0.308 e. The van der Waals surface area contributed by atoms with E-state index in [2.05, 4.69) is 0 Å². The molecule has 0 unspecified atom stereocenters. The van der Waals surface area contributed by atoms with Gasteiger partial charge in [-0.15, -0.1) is 12.4 Å². The fourth-order valence-electron chi connectivity index (χ4n) is 1.96. The molecule has 1 heterocycles. The van der Waals surface area contributed by atoms with Gasteiger partial charge in [-0.25, -0.2) is 0 Å². The first-order valence-electron chi connectivity index (χ1n) is 5.23. The summed E-state index contributed by atoms with van der Waals surface area (Å²) in [7, 11) is 0. The van der Waals surface area contributed by atoms with Crippen LogP contribution in [-0.2, 0) is 4.79 Å². The number of halogens is 1. The minimum atomic E-state index is -0.730. The van der Waals surface area contributed by atoms with Crippen LogP contribution >= 0.6 is 12.4 Å². The van der Waals surface area contributed by atoms with Crippen LogP contribution in [0.2, 0.25) is 0 Å². The van der Waals surface area contributed by atoms with Gasteiger partial charge in [0, 0.05) is 24.3 Å². The molecule has 1 saturated heterocycles. The zero-order chi connectivity index (χ0) is 11.5. The summed E-state index contributed by atoms with van der Waals surface area (Å²) in [5.41, 5.74) is 1.62. The van der Waals surface area contributed by atoms with Crippen LogP contribution in [0, 0.1) is 5.92 Å². The molecule has 1 aromatic rings. The number of carboxylic acid groups (broad SMARTS) is 1. The highest BCUT2D eigenvalue weighted by atomic mass is 35.5. The SMILES string of the molecule is Cl.O=Cc1ccc(N2CC[C@H](C(=O)O)C2)cc1. The fraction of sp³-hybridized carbons (Fsp3) is 0.333. The smallest absolute Gasteiger partial charge is 0.308 e. The first-order valence-corrected chi connectivity index (χ1v) is 5.23. The van der Waals surface area contributed by atoms with Gasteiger partial charge in [0.05, 0.1) is 5.92 Å². The summed E-state index contributed by atoms with van der Waals surface area (Å²) in [5, 5.41) is 8.89. The van der Waals surface area contributed by atoms with E-state index in [1.807, 2.05) is 17.0 Å². The Morgan fingerprint density at radius 2 is 2.00 bits per heavy atom. The van der Waals surface area contributed by atoms with Crippen molar-refractivity contribution in [2.24, 2.45) is 5.92 Å². The zero-order valence-corrected chi connectivity index (χ0v) is 10.0. The molecule has 1 N–H and O–H groups in total. The highest BCUT2D eigenvalue weighted by Crippen LogP contribution is 2.23. The van der Waals surface area contributed by atoms with E-state index in [-0.39, 0.29) is 18.3 Å². The van der Waals surface area contributed by atoms with Crippen molar-refractivity contribution in [3.05, 3.63) is 29.8 Å². The summed E-state index contributed by atoms with van der Waals surface area (Å²) in [5.74, 6) is -1.00. The predicted octanol–water partition coefficient (Wildman–Crippen LogP) is 1.83. The molecule has 5 heteroatoms. The second-order valence-electron chi connectivity index (χ2n) is 3.98. The van der Waals surface area contributed by atoms with Crippen LogP contribution < -0.4 is 4.90 Å². The van der Waals surface area contributed by atoms with E-state index in [0.29, 0.717) is 18.5 Å². The third-order valence-electron chi connectivity index (χ3n) is 2.93. The molecule has 0 bridgehead atoms. The molecule has 1 fully saturated rings. The standard InChI is InChI=1S/C12H13NO3.ClH/c14-8-9-1-3-11(4-2-9)13-6-5-10(7-13)12(15)16;/h1-4,8,10H,5-7H2,(H,15,16);1H/t10-;/m0./s1. The van der Waals surface area contributed by atoms with Crippen molar-refractivity contribution in [3.8, 4) is 0 Å². The van der Waals surface area contributed by atoms with Gasteiger partial charge in [-0.3, -0.25) is 9.59 Å². The van der Waals surface area contributed by atoms with Crippen LogP contribution in [0.5, 0.6) is 0 Å². The number of nitrogens with zero attached hydrogens (tertiary/aromatic N) is 1. The Morgan fingerprint density at radius 3 is 2.47 bits per heavy atom. The Balaban J connectivity index is 0.00000144. The molecule has 0 amide bonds. The third kappa shape index (κ3) is 2.97. The summed E-state index contributed by atoms with van der Waals surface area (Å²) >= 11 is 0. The topological polar surface area (TPSA) is 57.6 Å². The molecule has 0 aromatic heterocycles. The number of carboxylic acids is 1. The number of aliphatic carboxylic acids is 1. The van der Waals surface area contributed by atoms with Gasteiger partial charge in [-0.05, 0) is 30.7 Å². The van der Waals surface area contributed by atoms with Gasteiger partial charge in [0.25, 0.3) is 0 Å². The normalized spacial score (nSPS) is 18.6. The average Bonchev–Trinajstić information content (AvgIpc) is 2.78. The van der Waals surface area contributed by atoms with E-state index in [4.69, 9.17) is 5.11 Å². The lowest BCUT2D eigenvalue weighted by atomic mass is 10.1. The van der Waals surface area contributed by atoms with Crippen LogP contribution in [0.4, 0.5) is 5.69 Å². The van der Waals surface area contributed by atoms with Crippen molar-refractivity contribution in [2.75, 3.05) is 18.0 Å². The predicted molar refractivity (Wildman–Crippen MR) is 67.0 cm³/mol. The molecular formula is C12H14ClNO3. The lowest BCUT2D eigenvalue weighted by Crippen LogP contribution is -2.22. The highest BCUT2D eigenvalue weighted by Gasteiger charge is 2.27. The van der Waals surface area contributed by atoms with Crippen molar-refractivity contribution in [1.29, 1.82) is 0 Å². The first-order chi connectivity index (χ1) is 7.70. The van der Waals surface area contributed by atoms with E-state index >= 15 is 0 Å². The van der Waals surface area contributed by atoms with E-state index in [0.717, 1.165) is 18.5 Å². The number of carbonyl (C=O) groups is 2. The lowest BCUT2D eigenvalue weighted by molar-refractivity contribution is -0.140. The Labute approximate surface area is 106 Å². The second-order valence-corrected chi connectivity index (χ2v) is 3.98. The minimum Gasteiger partial charge on any atom is -0.481 e. The maximum absolute atomic E-state index is 10.8. The van der Waals surface area contributed by atoms with Crippen LogP contribution in [-0.4, -0.2) is 30.5 Å². The third-order valence-corrected chi connectivity index (χ3v) is 2.93. The maximum atomic E-state index is 10.8. The van der Waals surface area contributed by atoms with Crippen molar-refractivity contribution >= 4 is 30.3 Å². The van der Waals surface area contributed by atoms with Gasteiger partial charge in [0.1, 0.15) is 6.29 Å². The van der Waals surface area contributed by atoms with E-state index < -0.39 is 5.97 Å². The molecule has 1 aliphatic rings. The first kappa shape index (κ1) is 13.5. The summed E-state index contributed by atoms with van der Waals surface area (Å²) < 4.78 is 0. The number of benzene rings is 1. The van der Waals surface area contributed by atoms with Crippen molar-refractivity contribution in [1.82, 2.24) is 0 Å². The molecule has 1 aromatic carbocycles. The molecule has 0 spiro atoms. The molecular weight excluding hydrogens is 242 g/mol.